The normalized spacial score (nSPS) is 13.8. The molecule has 2 atom stereocenters. The van der Waals surface area contributed by atoms with Gasteiger partial charge in [0.15, 0.2) is 0 Å². The smallest absolute Gasteiger partial charge is 0.407 e. The lowest BCUT2D eigenvalue weighted by molar-refractivity contribution is 0.0502. The van der Waals surface area contributed by atoms with Crippen molar-refractivity contribution >= 4 is 6.09 Å². The second kappa shape index (κ2) is 10.3. The number of ether oxygens (including phenoxy) is 2. The SMILES string of the molecule is CCCOc1ccc(C(C)NCC(CC)NC(=O)OC(C)(C)C)cc1. The first kappa shape index (κ1) is 21.3. The quantitative estimate of drug-likeness (QED) is 0.692. The summed E-state index contributed by atoms with van der Waals surface area (Å²) in [5, 5.41) is 6.39. The number of benzene rings is 1. The number of alkyl carbamates (subject to hydrolysis) is 1. The summed E-state index contributed by atoms with van der Waals surface area (Å²) in [7, 11) is 0. The van der Waals surface area contributed by atoms with E-state index in [2.05, 4.69) is 36.6 Å². The van der Waals surface area contributed by atoms with Crippen molar-refractivity contribution in [3.8, 4) is 5.75 Å². The number of rotatable bonds is 9. The topological polar surface area (TPSA) is 59.6 Å². The molecule has 2 N–H and O–H groups in total. The van der Waals surface area contributed by atoms with Crippen LogP contribution >= 0.6 is 0 Å². The molecule has 1 rings (SSSR count). The Kier molecular flexibility index (Phi) is 8.76. The minimum Gasteiger partial charge on any atom is -0.494 e. The minimum absolute atomic E-state index is 0.0319. The Bertz CT molecular complexity index is 509. The fourth-order valence-electron chi connectivity index (χ4n) is 2.28. The number of hydrogen-bond donors (Lipinski definition) is 2. The van der Waals surface area contributed by atoms with Crippen LogP contribution in [0.5, 0.6) is 5.75 Å². The van der Waals surface area contributed by atoms with Crippen LogP contribution in [0.15, 0.2) is 24.3 Å². The number of nitrogens with one attached hydrogen (secondary N) is 2. The number of carbonyl (C=O) groups excluding carboxylic acids is 1. The second-order valence-corrected chi connectivity index (χ2v) is 7.30. The van der Waals surface area contributed by atoms with Crippen LogP contribution in [0.4, 0.5) is 4.79 Å². The van der Waals surface area contributed by atoms with Crippen molar-refractivity contribution < 1.29 is 14.3 Å². The Morgan fingerprint density at radius 3 is 2.32 bits per heavy atom. The van der Waals surface area contributed by atoms with Gasteiger partial charge in [0.2, 0.25) is 0 Å². The fraction of sp³-hybridized carbons (Fsp3) is 0.650. The summed E-state index contributed by atoms with van der Waals surface area (Å²) < 4.78 is 10.9. The molecule has 2 unspecified atom stereocenters. The standard InChI is InChI=1S/C20H34N2O3/c1-7-13-24-18-11-9-16(10-12-18)15(3)21-14-17(8-2)22-19(23)25-20(4,5)6/h9-12,15,17,21H,7-8,13-14H2,1-6H3,(H,22,23). The van der Waals surface area contributed by atoms with Crippen LogP contribution in [0.3, 0.4) is 0 Å². The summed E-state index contributed by atoms with van der Waals surface area (Å²) in [6.45, 7) is 13.3. The molecule has 0 radical (unpaired) electrons. The number of hydrogen-bond acceptors (Lipinski definition) is 4. The summed E-state index contributed by atoms with van der Waals surface area (Å²) >= 11 is 0. The fourth-order valence-corrected chi connectivity index (χ4v) is 2.28. The molecule has 142 valence electrons. The van der Waals surface area contributed by atoms with Gasteiger partial charge in [-0.3, -0.25) is 0 Å². The average molecular weight is 351 g/mol. The Morgan fingerprint density at radius 2 is 1.80 bits per heavy atom. The molecule has 0 aliphatic carbocycles. The first-order valence-electron chi connectivity index (χ1n) is 9.20. The maximum absolute atomic E-state index is 11.9. The zero-order valence-electron chi connectivity index (χ0n) is 16.5. The van der Waals surface area contributed by atoms with Gasteiger partial charge in [-0.1, -0.05) is 26.0 Å². The monoisotopic (exact) mass is 350 g/mol. The maximum atomic E-state index is 11.9. The lowest BCUT2D eigenvalue weighted by Gasteiger charge is -2.24. The van der Waals surface area contributed by atoms with Crippen LogP contribution in [0.25, 0.3) is 0 Å². The third-order valence-electron chi connectivity index (χ3n) is 3.74. The predicted octanol–water partition coefficient (Wildman–Crippen LogP) is 4.43. The minimum atomic E-state index is -0.481. The van der Waals surface area contributed by atoms with Crippen molar-refractivity contribution in [1.82, 2.24) is 10.6 Å². The van der Waals surface area contributed by atoms with Gasteiger partial charge in [0.05, 0.1) is 6.61 Å². The van der Waals surface area contributed by atoms with Crippen LogP contribution in [0.2, 0.25) is 0 Å². The first-order chi connectivity index (χ1) is 11.7. The highest BCUT2D eigenvalue weighted by atomic mass is 16.6. The summed E-state index contributed by atoms with van der Waals surface area (Å²) in [6, 6.07) is 8.37. The van der Waals surface area contributed by atoms with E-state index in [1.165, 1.54) is 5.56 Å². The first-order valence-corrected chi connectivity index (χ1v) is 9.20. The molecule has 1 aromatic carbocycles. The van der Waals surface area contributed by atoms with Crippen LogP contribution in [0, 0.1) is 0 Å². The highest BCUT2D eigenvalue weighted by molar-refractivity contribution is 5.68. The number of amides is 1. The molecule has 5 heteroatoms. The Balaban J connectivity index is 2.47. The third kappa shape index (κ3) is 8.77. The molecule has 25 heavy (non-hydrogen) atoms. The van der Waals surface area contributed by atoms with Crippen molar-refractivity contribution in [2.75, 3.05) is 13.2 Å². The Morgan fingerprint density at radius 1 is 1.16 bits per heavy atom. The van der Waals surface area contributed by atoms with E-state index in [0.29, 0.717) is 6.54 Å². The van der Waals surface area contributed by atoms with E-state index in [-0.39, 0.29) is 18.2 Å². The van der Waals surface area contributed by atoms with Gasteiger partial charge in [0.25, 0.3) is 0 Å². The van der Waals surface area contributed by atoms with E-state index < -0.39 is 5.60 Å². The molecule has 0 heterocycles. The summed E-state index contributed by atoms with van der Waals surface area (Å²) in [6.07, 6.45) is 1.47. The van der Waals surface area contributed by atoms with Gasteiger partial charge in [-0.05, 0) is 58.2 Å². The van der Waals surface area contributed by atoms with Crippen molar-refractivity contribution in [2.24, 2.45) is 0 Å². The molecule has 0 spiro atoms. The maximum Gasteiger partial charge on any atom is 0.407 e. The van der Waals surface area contributed by atoms with Gasteiger partial charge in [-0.2, -0.15) is 0 Å². The second-order valence-electron chi connectivity index (χ2n) is 7.30. The van der Waals surface area contributed by atoms with E-state index in [9.17, 15) is 4.79 Å². The van der Waals surface area contributed by atoms with Crippen LogP contribution in [-0.2, 0) is 4.74 Å². The molecule has 5 nitrogen and oxygen atoms in total. The van der Waals surface area contributed by atoms with E-state index in [1.54, 1.807) is 0 Å². The average Bonchev–Trinajstić information content (AvgIpc) is 2.55. The van der Waals surface area contributed by atoms with E-state index in [0.717, 1.165) is 25.2 Å². The van der Waals surface area contributed by atoms with Crippen molar-refractivity contribution in [3.63, 3.8) is 0 Å². The lowest BCUT2D eigenvalue weighted by Crippen LogP contribution is -2.44. The molecule has 0 aliphatic heterocycles. The molecule has 0 saturated carbocycles. The molecular formula is C20H34N2O3. The highest BCUT2D eigenvalue weighted by Crippen LogP contribution is 2.18. The van der Waals surface area contributed by atoms with Crippen LogP contribution < -0.4 is 15.4 Å². The molecular weight excluding hydrogens is 316 g/mol. The van der Waals surface area contributed by atoms with Gasteiger partial charge in [-0.25, -0.2) is 4.79 Å². The van der Waals surface area contributed by atoms with Crippen LogP contribution in [-0.4, -0.2) is 30.9 Å². The molecule has 0 saturated heterocycles. The van der Waals surface area contributed by atoms with Gasteiger partial charge < -0.3 is 20.1 Å². The molecule has 0 fully saturated rings. The Hall–Kier alpha value is -1.75. The Labute approximate surface area is 152 Å². The third-order valence-corrected chi connectivity index (χ3v) is 3.74. The van der Waals surface area contributed by atoms with E-state index in [4.69, 9.17) is 9.47 Å². The van der Waals surface area contributed by atoms with Crippen molar-refractivity contribution in [1.29, 1.82) is 0 Å². The van der Waals surface area contributed by atoms with E-state index >= 15 is 0 Å². The summed E-state index contributed by atoms with van der Waals surface area (Å²) in [5.74, 6) is 0.899. The van der Waals surface area contributed by atoms with Gasteiger partial charge in [0, 0.05) is 18.6 Å². The van der Waals surface area contributed by atoms with Crippen molar-refractivity contribution in [2.45, 2.75) is 72.1 Å². The largest absolute Gasteiger partial charge is 0.494 e. The van der Waals surface area contributed by atoms with Gasteiger partial charge >= 0.3 is 6.09 Å². The van der Waals surface area contributed by atoms with Gasteiger partial charge in [0.1, 0.15) is 11.4 Å². The van der Waals surface area contributed by atoms with Crippen LogP contribution in [0.1, 0.15) is 66.0 Å². The highest BCUT2D eigenvalue weighted by Gasteiger charge is 2.19. The molecule has 0 aliphatic rings. The molecule has 0 aromatic heterocycles. The zero-order chi connectivity index (χ0) is 18.9. The zero-order valence-corrected chi connectivity index (χ0v) is 16.5. The van der Waals surface area contributed by atoms with E-state index in [1.807, 2.05) is 39.8 Å². The van der Waals surface area contributed by atoms with Crippen molar-refractivity contribution in [3.05, 3.63) is 29.8 Å². The molecule has 1 aromatic rings. The molecule has 1 amide bonds. The predicted molar refractivity (Wildman–Crippen MR) is 102 cm³/mol. The molecule has 0 bridgehead atoms. The lowest BCUT2D eigenvalue weighted by atomic mass is 10.1. The summed E-state index contributed by atoms with van der Waals surface area (Å²) in [5.41, 5.74) is 0.709. The van der Waals surface area contributed by atoms with Gasteiger partial charge in [-0.15, -0.1) is 0 Å². The summed E-state index contributed by atoms with van der Waals surface area (Å²) in [4.78, 5) is 11.9. The number of carbonyl (C=O) groups is 1.